The summed E-state index contributed by atoms with van der Waals surface area (Å²) in [6.45, 7) is 9.70. The number of hydrogen-bond donors (Lipinski definition) is 3. The molecule has 0 saturated heterocycles. The fourth-order valence-corrected chi connectivity index (χ4v) is 14.1. The third kappa shape index (κ3) is 73.0. The van der Waals surface area contributed by atoms with Gasteiger partial charge < -0.3 is 33.8 Å². The number of aliphatic hydroxyl groups excluding tert-OH is 1. The molecular weight excluding hydrogens is 1310 g/mol. The molecule has 0 heterocycles. The van der Waals surface area contributed by atoms with Crippen LogP contribution in [0.2, 0.25) is 0 Å². The third-order valence-electron chi connectivity index (χ3n) is 19.3. The van der Waals surface area contributed by atoms with Gasteiger partial charge in [0, 0.05) is 25.7 Å². The molecule has 0 aliphatic carbocycles. The molecule has 0 aliphatic heterocycles. The van der Waals surface area contributed by atoms with Crippen molar-refractivity contribution in [1.29, 1.82) is 0 Å². The second-order valence-corrected chi connectivity index (χ2v) is 32.8. The van der Waals surface area contributed by atoms with E-state index in [0.29, 0.717) is 25.7 Å². The van der Waals surface area contributed by atoms with Gasteiger partial charge in [0.25, 0.3) is 0 Å². The lowest BCUT2D eigenvalue weighted by Crippen LogP contribution is -2.30. The van der Waals surface area contributed by atoms with E-state index >= 15 is 0 Å². The minimum absolute atomic E-state index is 0.108. The Bertz CT molecular complexity index is 1930. The number of rotatable bonds is 80. The van der Waals surface area contributed by atoms with Crippen molar-refractivity contribution in [2.75, 3.05) is 39.6 Å². The number of phosphoric ester groups is 2. The summed E-state index contributed by atoms with van der Waals surface area (Å²) in [5.41, 5.74) is 0. The van der Waals surface area contributed by atoms with Gasteiger partial charge in [-0.05, 0) is 37.5 Å². The fourth-order valence-electron chi connectivity index (χ4n) is 12.5. The molecule has 17 nitrogen and oxygen atoms in total. The Balaban J connectivity index is 5.23. The summed E-state index contributed by atoms with van der Waals surface area (Å²) in [6, 6.07) is 0. The van der Waals surface area contributed by atoms with Gasteiger partial charge in [-0.3, -0.25) is 37.3 Å². The van der Waals surface area contributed by atoms with E-state index in [2.05, 4.69) is 41.5 Å². The molecule has 19 heteroatoms. The molecule has 0 radical (unpaired) electrons. The molecule has 3 unspecified atom stereocenters. The Morgan fingerprint density at radius 2 is 0.510 bits per heavy atom. The lowest BCUT2D eigenvalue weighted by molar-refractivity contribution is -0.161. The van der Waals surface area contributed by atoms with E-state index in [4.69, 9.17) is 37.0 Å². The van der Waals surface area contributed by atoms with Crippen molar-refractivity contribution in [3.8, 4) is 0 Å². The first-order valence-electron chi connectivity index (χ1n) is 42.0. The Morgan fingerprint density at radius 3 is 0.760 bits per heavy atom. The normalized spacial score (nSPS) is 14.2. The number of ether oxygens (including phenoxy) is 4. The molecule has 3 N–H and O–H groups in total. The van der Waals surface area contributed by atoms with Crippen LogP contribution in [0.25, 0.3) is 0 Å². The van der Waals surface area contributed by atoms with Gasteiger partial charge in [0.2, 0.25) is 0 Å². The van der Waals surface area contributed by atoms with Crippen LogP contribution in [-0.2, 0) is 65.4 Å². The summed E-state index contributed by atoms with van der Waals surface area (Å²) in [5.74, 6) is -0.477. The second-order valence-electron chi connectivity index (χ2n) is 29.9. The Morgan fingerprint density at radius 1 is 0.290 bits per heavy atom. The van der Waals surface area contributed by atoms with E-state index in [0.717, 1.165) is 102 Å². The molecule has 0 bridgehead atoms. The van der Waals surface area contributed by atoms with Crippen LogP contribution in [0.1, 0.15) is 427 Å². The summed E-state index contributed by atoms with van der Waals surface area (Å²) < 4.78 is 68.7. The van der Waals surface area contributed by atoms with Crippen molar-refractivity contribution in [3.05, 3.63) is 0 Å². The molecule has 6 atom stereocenters. The zero-order valence-electron chi connectivity index (χ0n) is 65.5. The van der Waals surface area contributed by atoms with E-state index in [1.807, 2.05) is 0 Å². The summed E-state index contributed by atoms with van der Waals surface area (Å²) in [6.07, 6.45) is 62.3. The largest absolute Gasteiger partial charge is 0.472 e. The predicted molar refractivity (Wildman–Crippen MR) is 409 cm³/mol. The first kappa shape index (κ1) is 98.1. The summed E-state index contributed by atoms with van der Waals surface area (Å²) >= 11 is 0. The Labute approximate surface area is 613 Å². The van der Waals surface area contributed by atoms with E-state index < -0.39 is 97.5 Å². The van der Waals surface area contributed by atoms with Crippen molar-refractivity contribution in [2.45, 2.75) is 445 Å². The average Bonchev–Trinajstić information content (AvgIpc) is 0.938. The van der Waals surface area contributed by atoms with Gasteiger partial charge in [0.15, 0.2) is 12.2 Å². The van der Waals surface area contributed by atoms with Gasteiger partial charge in [-0.2, -0.15) is 0 Å². The minimum Gasteiger partial charge on any atom is -0.462 e. The van der Waals surface area contributed by atoms with Crippen LogP contribution in [0.15, 0.2) is 0 Å². The molecule has 0 aromatic carbocycles. The van der Waals surface area contributed by atoms with Crippen LogP contribution in [0.5, 0.6) is 0 Å². The van der Waals surface area contributed by atoms with Crippen molar-refractivity contribution in [2.24, 2.45) is 11.8 Å². The van der Waals surface area contributed by atoms with Gasteiger partial charge >= 0.3 is 39.5 Å². The highest BCUT2D eigenvalue weighted by Crippen LogP contribution is 2.45. The van der Waals surface area contributed by atoms with E-state index in [1.165, 1.54) is 244 Å². The zero-order valence-corrected chi connectivity index (χ0v) is 67.3. The Hall–Kier alpha value is -1.94. The van der Waals surface area contributed by atoms with Crippen LogP contribution in [0.3, 0.4) is 0 Å². The number of hydrogen-bond acceptors (Lipinski definition) is 15. The lowest BCUT2D eigenvalue weighted by atomic mass is 9.99. The van der Waals surface area contributed by atoms with Crippen LogP contribution >= 0.6 is 15.6 Å². The molecular formula is C81H158O17P2. The molecule has 100 heavy (non-hydrogen) atoms. The summed E-state index contributed by atoms with van der Waals surface area (Å²) in [5, 5.41) is 10.6. The quantitative estimate of drug-likeness (QED) is 0.0222. The molecule has 0 aromatic rings. The standard InChI is InChI=1S/C81H158O17P2/c1-7-10-12-14-16-18-20-21-29-33-41-47-53-59-65-80(85)97-76(69-91-78(83)63-57-51-45-39-31-19-17-15-13-11-8-2)71-95-99(87,88)93-67-75(82)68-94-100(89,90)96-72-77(70-92-79(84)64-58-52-46-40-36-35-38-44-50-56-62-74(6)9-3)98-81(86)66-60-54-48-42-34-30-27-25-23-22-24-26-28-32-37-43-49-55-61-73(4)5/h73-77,82H,7-72H2,1-6H3,(H,87,88)(H,89,90)/t74?,75-,76+,77+/m0/s1. The first-order chi connectivity index (χ1) is 48.4. The highest BCUT2D eigenvalue weighted by atomic mass is 31.2. The van der Waals surface area contributed by atoms with Crippen LogP contribution < -0.4 is 0 Å². The van der Waals surface area contributed by atoms with E-state index in [1.54, 1.807) is 0 Å². The molecule has 0 rings (SSSR count). The smallest absolute Gasteiger partial charge is 0.462 e. The fraction of sp³-hybridized carbons (Fsp3) is 0.951. The van der Waals surface area contributed by atoms with Gasteiger partial charge in [0.05, 0.1) is 26.4 Å². The molecule has 0 fully saturated rings. The third-order valence-corrected chi connectivity index (χ3v) is 21.2. The van der Waals surface area contributed by atoms with Gasteiger partial charge in [-0.1, -0.05) is 375 Å². The Kier molecular flexibility index (Phi) is 71.2. The first-order valence-corrected chi connectivity index (χ1v) is 45.0. The number of carbonyl (C=O) groups excluding carboxylic acids is 4. The van der Waals surface area contributed by atoms with E-state index in [9.17, 15) is 43.2 Å². The molecule has 0 aromatic heterocycles. The van der Waals surface area contributed by atoms with Crippen LogP contribution in [0, 0.1) is 11.8 Å². The maximum Gasteiger partial charge on any atom is 0.472 e. The highest BCUT2D eigenvalue weighted by Gasteiger charge is 2.30. The number of carbonyl (C=O) groups is 4. The highest BCUT2D eigenvalue weighted by molar-refractivity contribution is 7.47. The van der Waals surface area contributed by atoms with Crippen molar-refractivity contribution in [3.63, 3.8) is 0 Å². The van der Waals surface area contributed by atoms with Gasteiger partial charge in [-0.15, -0.1) is 0 Å². The monoisotopic (exact) mass is 1470 g/mol. The maximum atomic E-state index is 13.1. The molecule has 0 aliphatic rings. The molecule has 594 valence electrons. The lowest BCUT2D eigenvalue weighted by Gasteiger charge is -2.21. The zero-order chi connectivity index (χ0) is 73.5. The van der Waals surface area contributed by atoms with Crippen molar-refractivity contribution < 1.29 is 80.2 Å². The van der Waals surface area contributed by atoms with E-state index in [-0.39, 0.29) is 25.7 Å². The number of esters is 4. The van der Waals surface area contributed by atoms with Crippen LogP contribution in [-0.4, -0.2) is 96.7 Å². The summed E-state index contributed by atoms with van der Waals surface area (Å²) in [4.78, 5) is 73.0. The number of aliphatic hydroxyl groups is 1. The van der Waals surface area contributed by atoms with Gasteiger partial charge in [-0.25, -0.2) is 9.13 Å². The minimum atomic E-state index is -4.96. The SMILES string of the molecule is CCCCCCCCCCCCCCCCC(=O)O[C@H](COC(=O)CCCCCCCCCCCCC)COP(=O)(O)OC[C@H](O)COP(=O)(O)OC[C@@H](COC(=O)CCCCCCCCCCCCC(C)CC)OC(=O)CCCCCCCCCCCCCCCCCCCCC(C)C. The number of phosphoric acid groups is 2. The summed E-state index contributed by atoms with van der Waals surface area (Å²) in [7, 11) is -9.92. The second kappa shape index (κ2) is 72.6. The van der Waals surface area contributed by atoms with Gasteiger partial charge in [0.1, 0.15) is 19.3 Å². The maximum absolute atomic E-state index is 13.1. The molecule has 0 amide bonds. The predicted octanol–water partition coefficient (Wildman–Crippen LogP) is 24.3. The van der Waals surface area contributed by atoms with Crippen LogP contribution in [0.4, 0.5) is 0 Å². The molecule has 0 saturated carbocycles. The average molecular weight is 1470 g/mol. The topological polar surface area (TPSA) is 237 Å². The van der Waals surface area contributed by atoms with Crippen molar-refractivity contribution in [1.82, 2.24) is 0 Å². The number of unbranched alkanes of at least 4 members (excludes halogenated alkanes) is 49. The molecule has 0 spiro atoms. The van der Waals surface area contributed by atoms with Crippen molar-refractivity contribution >= 4 is 39.5 Å².